The number of aromatic nitrogens is 3. The van der Waals surface area contributed by atoms with Gasteiger partial charge < -0.3 is 9.88 Å². The van der Waals surface area contributed by atoms with Crippen LogP contribution < -0.4 is 10.2 Å². The number of carbonyl (C=O) groups excluding carboxylic acids is 2. The van der Waals surface area contributed by atoms with Crippen molar-refractivity contribution in [2.24, 2.45) is 7.05 Å². The third-order valence-electron chi connectivity index (χ3n) is 5.04. The van der Waals surface area contributed by atoms with E-state index in [2.05, 4.69) is 15.5 Å². The van der Waals surface area contributed by atoms with Gasteiger partial charge in [0, 0.05) is 17.6 Å². The maximum absolute atomic E-state index is 13.8. The fourth-order valence-electron chi connectivity index (χ4n) is 3.48. The zero-order valence-corrected chi connectivity index (χ0v) is 18.7. The number of nitrogens with zero attached hydrogens (tertiary/aromatic N) is 4. The van der Waals surface area contributed by atoms with Gasteiger partial charge in [0.1, 0.15) is 6.04 Å². The fraction of sp³-hybridized carbons (Fsp3) is 0.238. The van der Waals surface area contributed by atoms with E-state index < -0.39 is 30.5 Å². The molecule has 1 aliphatic heterocycles. The highest BCUT2D eigenvalue weighted by Crippen LogP contribution is 2.38. The molecule has 33 heavy (non-hydrogen) atoms. The highest BCUT2D eigenvalue weighted by atomic mass is 35.5. The summed E-state index contributed by atoms with van der Waals surface area (Å²) in [6.45, 7) is 0. The molecule has 2 amide bonds. The molecule has 1 N–H and O–H groups in total. The van der Waals surface area contributed by atoms with Gasteiger partial charge >= 0.3 is 6.18 Å². The molecule has 2 heterocycles. The Morgan fingerprint density at radius 1 is 1.18 bits per heavy atom. The number of fused-ring (bicyclic) bond motifs is 1. The summed E-state index contributed by atoms with van der Waals surface area (Å²) in [5, 5.41) is 11.5. The van der Waals surface area contributed by atoms with Gasteiger partial charge in [-0.2, -0.15) is 13.2 Å². The molecule has 4 rings (SSSR count). The van der Waals surface area contributed by atoms with Gasteiger partial charge in [-0.3, -0.25) is 14.5 Å². The highest BCUT2D eigenvalue weighted by Gasteiger charge is 2.48. The van der Waals surface area contributed by atoms with Gasteiger partial charge in [-0.15, -0.1) is 10.2 Å². The number of para-hydroxylation sites is 2. The number of hydrogen-bond donors (Lipinski definition) is 1. The van der Waals surface area contributed by atoms with E-state index in [-0.39, 0.29) is 17.1 Å². The molecule has 1 atom stereocenters. The zero-order valence-electron chi connectivity index (χ0n) is 17.1. The van der Waals surface area contributed by atoms with Gasteiger partial charge in [0.15, 0.2) is 11.0 Å². The summed E-state index contributed by atoms with van der Waals surface area (Å²) in [6, 6.07) is 10.6. The van der Waals surface area contributed by atoms with Crippen LogP contribution in [0, 0.1) is 0 Å². The Morgan fingerprint density at radius 2 is 1.88 bits per heavy atom. The number of halogens is 4. The normalized spacial score (nSPS) is 16.2. The number of rotatable bonds is 4. The van der Waals surface area contributed by atoms with Gasteiger partial charge in [-0.1, -0.05) is 35.5 Å². The van der Waals surface area contributed by atoms with Crippen molar-refractivity contribution in [3.63, 3.8) is 0 Å². The fourth-order valence-corrected chi connectivity index (χ4v) is 4.38. The molecule has 0 spiro atoms. The van der Waals surface area contributed by atoms with E-state index in [9.17, 15) is 22.8 Å². The summed E-state index contributed by atoms with van der Waals surface area (Å²) < 4.78 is 43.1. The number of amides is 2. The van der Waals surface area contributed by atoms with E-state index in [4.69, 9.17) is 11.6 Å². The molecule has 0 bridgehead atoms. The van der Waals surface area contributed by atoms with Crippen molar-refractivity contribution in [1.29, 1.82) is 0 Å². The number of anilines is 2. The Labute approximate surface area is 195 Å². The minimum absolute atomic E-state index is 0.00362. The third kappa shape index (κ3) is 4.83. The second kappa shape index (κ2) is 9.06. The van der Waals surface area contributed by atoms with E-state index in [1.165, 1.54) is 18.2 Å². The van der Waals surface area contributed by atoms with Crippen molar-refractivity contribution in [2.75, 3.05) is 16.0 Å². The molecule has 0 saturated carbocycles. The average Bonchev–Trinajstić information content (AvgIpc) is 3.04. The largest absolute Gasteiger partial charge is 0.409 e. The Bertz CT molecular complexity index is 1200. The van der Waals surface area contributed by atoms with Crippen molar-refractivity contribution in [3.8, 4) is 11.4 Å². The maximum atomic E-state index is 13.8. The summed E-state index contributed by atoms with van der Waals surface area (Å²) in [6.07, 6.45) is -5.68. The van der Waals surface area contributed by atoms with E-state index in [1.54, 1.807) is 41.9 Å². The van der Waals surface area contributed by atoms with Crippen molar-refractivity contribution in [2.45, 2.75) is 23.8 Å². The van der Waals surface area contributed by atoms with Crippen molar-refractivity contribution in [1.82, 2.24) is 14.8 Å². The summed E-state index contributed by atoms with van der Waals surface area (Å²) in [5.41, 5.74) is 0.892. The molecular weight excluding hydrogens is 479 g/mol. The van der Waals surface area contributed by atoms with Crippen molar-refractivity contribution >= 4 is 46.6 Å². The lowest BCUT2D eigenvalue weighted by Gasteiger charge is -2.31. The van der Waals surface area contributed by atoms with Crippen LogP contribution in [0.3, 0.4) is 0 Å². The van der Waals surface area contributed by atoms with Crippen LogP contribution in [0.15, 0.2) is 53.7 Å². The first-order chi connectivity index (χ1) is 15.6. The quantitative estimate of drug-likeness (QED) is 0.538. The average molecular weight is 496 g/mol. The van der Waals surface area contributed by atoms with Gasteiger partial charge in [-0.05, 0) is 36.4 Å². The lowest BCUT2D eigenvalue weighted by molar-refractivity contribution is -0.157. The monoisotopic (exact) mass is 495 g/mol. The second-order valence-corrected chi connectivity index (χ2v) is 8.63. The molecule has 3 aromatic rings. The van der Waals surface area contributed by atoms with E-state index in [0.717, 1.165) is 17.3 Å². The van der Waals surface area contributed by atoms with Crippen LogP contribution >= 0.6 is 23.4 Å². The van der Waals surface area contributed by atoms with Crippen molar-refractivity contribution < 1.29 is 22.8 Å². The van der Waals surface area contributed by atoms with Crippen molar-refractivity contribution in [3.05, 3.63) is 53.6 Å². The predicted octanol–water partition coefficient (Wildman–Crippen LogP) is 4.53. The Morgan fingerprint density at radius 3 is 2.58 bits per heavy atom. The Hall–Kier alpha value is -3.05. The molecule has 0 aliphatic carbocycles. The molecule has 0 saturated heterocycles. The zero-order chi connectivity index (χ0) is 23.8. The molecular formula is C21H17ClF3N5O2S. The van der Waals surface area contributed by atoms with Gasteiger partial charge in [0.05, 0.1) is 23.5 Å². The van der Waals surface area contributed by atoms with E-state index >= 15 is 0 Å². The molecule has 7 nitrogen and oxygen atoms in total. The molecule has 1 aliphatic rings. The van der Waals surface area contributed by atoms with E-state index in [0.29, 0.717) is 20.9 Å². The standard InChI is InChI=1S/C21H17ClF3N5O2S/c1-29-19(12-6-8-13(22)9-7-12)27-28-20(29)33-11-18(32)30-15-5-3-2-4-14(15)26-17(31)10-16(30)21(23,24)25/h2-9,16H,10-11H2,1H3,(H,26,31). The maximum Gasteiger partial charge on any atom is 0.409 e. The number of carbonyl (C=O) groups is 2. The topological polar surface area (TPSA) is 80.1 Å². The lowest BCUT2D eigenvalue weighted by atomic mass is 10.1. The summed E-state index contributed by atoms with van der Waals surface area (Å²) in [4.78, 5) is 25.8. The molecule has 1 aromatic heterocycles. The van der Waals surface area contributed by atoms with Crippen LogP contribution in [0.5, 0.6) is 0 Å². The van der Waals surface area contributed by atoms with Crippen LogP contribution in [-0.2, 0) is 16.6 Å². The Kier molecular flexibility index (Phi) is 6.35. The van der Waals surface area contributed by atoms with E-state index in [1.807, 2.05) is 0 Å². The minimum Gasteiger partial charge on any atom is -0.324 e. The smallest absolute Gasteiger partial charge is 0.324 e. The number of benzene rings is 2. The second-order valence-electron chi connectivity index (χ2n) is 7.25. The van der Waals surface area contributed by atoms with Gasteiger partial charge in [0.2, 0.25) is 11.8 Å². The number of alkyl halides is 3. The highest BCUT2D eigenvalue weighted by molar-refractivity contribution is 7.99. The summed E-state index contributed by atoms with van der Waals surface area (Å²) in [7, 11) is 1.69. The summed E-state index contributed by atoms with van der Waals surface area (Å²) in [5.74, 6) is -1.43. The van der Waals surface area contributed by atoms with Gasteiger partial charge in [0.25, 0.3) is 0 Å². The molecule has 1 unspecified atom stereocenters. The molecule has 2 aromatic carbocycles. The predicted molar refractivity (Wildman–Crippen MR) is 119 cm³/mol. The Balaban J connectivity index is 1.59. The number of hydrogen-bond acceptors (Lipinski definition) is 5. The first-order valence-electron chi connectivity index (χ1n) is 9.71. The molecule has 0 radical (unpaired) electrons. The van der Waals surface area contributed by atoms with Gasteiger partial charge in [-0.25, -0.2) is 0 Å². The first kappa shape index (κ1) is 23.1. The number of nitrogens with one attached hydrogen (secondary N) is 1. The van der Waals surface area contributed by atoms with Crippen LogP contribution in [0.2, 0.25) is 5.02 Å². The molecule has 0 fully saturated rings. The SMILES string of the molecule is Cn1c(SCC(=O)N2c3ccccc3NC(=O)CC2C(F)(F)F)nnc1-c1ccc(Cl)cc1. The number of thioether (sulfide) groups is 1. The van der Waals surface area contributed by atoms with Crippen LogP contribution in [-0.4, -0.2) is 44.5 Å². The molecule has 12 heteroatoms. The first-order valence-corrected chi connectivity index (χ1v) is 11.1. The molecule has 172 valence electrons. The minimum atomic E-state index is -4.79. The van der Waals surface area contributed by atoms with Crippen LogP contribution in [0.1, 0.15) is 6.42 Å². The van der Waals surface area contributed by atoms with Crippen LogP contribution in [0.4, 0.5) is 24.5 Å². The summed E-state index contributed by atoms with van der Waals surface area (Å²) >= 11 is 6.87. The lowest BCUT2D eigenvalue weighted by Crippen LogP contribution is -2.50. The third-order valence-corrected chi connectivity index (χ3v) is 6.29. The van der Waals surface area contributed by atoms with Crippen LogP contribution in [0.25, 0.3) is 11.4 Å².